The maximum Gasteiger partial charge on any atom is 0.0721 e. The Hall–Kier alpha value is -0.600. The van der Waals surface area contributed by atoms with Crippen LogP contribution in [0.4, 0.5) is 0 Å². The molecule has 0 aromatic heterocycles. The van der Waals surface area contributed by atoms with Gasteiger partial charge in [-0.3, -0.25) is 0 Å². The number of nitrogens with one attached hydrogen (secondary N) is 2. The molecule has 0 radical (unpaired) electrons. The van der Waals surface area contributed by atoms with Crippen LogP contribution in [0.3, 0.4) is 0 Å². The Morgan fingerprint density at radius 3 is 1.43 bits per heavy atom. The van der Waals surface area contributed by atoms with Gasteiger partial charge in [0.15, 0.2) is 0 Å². The summed E-state index contributed by atoms with van der Waals surface area (Å²) in [6, 6.07) is 0. The van der Waals surface area contributed by atoms with Crippen molar-refractivity contribution in [3.8, 4) is 0 Å². The average Bonchev–Trinajstić information content (AvgIpc) is 2.47. The zero-order valence-corrected chi connectivity index (χ0v) is 4.28. The van der Waals surface area contributed by atoms with Crippen LogP contribution in [0.15, 0.2) is 25.3 Å². The lowest BCUT2D eigenvalue weighted by molar-refractivity contribution is 1.17. The first-order chi connectivity index (χ1) is 3.41. The van der Waals surface area contributed by atoms with Crippen LogP contribution in [0.5, 0.6) is 0 Å². The first-order valence-corrected chi connectivity index (χ1v) is 2.11. The van der Waals surface area contributed by atoms with Crippen LogP contribution in [-0.2, 0) is 0 Å². The van der Waals surface area contributed by atoms with Crippen molar-refractivity contribution < 1.29 is 0 Å². The normalized spacial score (nSPS) is 13.1. The summed E-state index contributed by atoms with van der Waals surface area (Å²) in [5, 5.41) is 0. The van der Waals surface area contributed by atoms with E-state index in [4.69, 9.17) is 0 Å². The predicted octanol–water partition coefficient (Wildman–Crippen LogP) is 0.410. The second-order valence-electron chi connectivity index (χ2n) is 1.00. The molecule has 0 aromatic rings. The molecule has 2 heteroatoms. The Balaban J connectivity index is 0.000000105. The molecule has 0 saturated carbocycles. The minimum absolute atomic E-state index is 1.00. The molecule has 2 N–H and O–H groups in total. The van der Waals surface area contributed by atoms with E-state index < -0.39 is 0 Å². The molecule has 0 aromatic carbocycles. The Morgan fingerprint density at radius 1 is 1.14 bits per heavy atom. The summed E-state index contributed by atoms with van der Waals surface area (Å²) in [6.45, 7) is 7.72. The van der Waals surface area contributed by atoms with E-state index in [-0.39, 0.29) is 0 Å². The molecular formula is C5H10N2. The van der Waals surface area contributed by atoms with E-state index >= 15 is 0 Å². The van der Waals surface area contributed by atoms with Crippen LogP contribution in [-0.4, -0.2) is 6.67 Å². The smallest absolute Gasteiger partial charge is 0.0721 e. The van der Waals surface area contributed by atoms with Crippen LogP contribution in [0.1, 0.15) is 0 Å². The van der Waals surface area contributed by atoms with Crippen LogP contribution in [0, 0.1) is 0 Å². The molecule has 1 aliphatic rings. The third kappa shape index (κ3) is 31.8. The van der Waals surface area contributed by atoms with E-state index in [0.29, 0.717) is 0 Å². The highest BCUT2D eigenvalue weighted by Crippen LogP contribution is 1.52. The molecule has 0 amide bonds. The first-order valence-electron chi connectivity index (χ1n) is 2.11. The monoisotopic (exact) mass is 98.1 g/mol. The van der Waals surface area contributed by atoms with Crippen LogP contribution < -0.4 is 10.9 Å². The van der Waals surface area contributed by atoms with Gasteiger partial charge in [0.2, 0.25) is 0 Å². The number of hydrazine groups is 1. The van der Waals surface area contributed by atoms with Crippen molar-refractivity contribution >= 4 is 0 Å². The van der Waals surface area contributed by atoms with E-state index in [0.717, 1.165) is 6.67 Å². The van der Waals surface area contributed by atoms with Crippen molar-refractivity contribution in [2.24, 2.45) is 0 Å². The molecule has 0 aliphatic carbocycles. The van der Waals surface area contributed by atoms with Crippen molar-refractivity contribution in [1.82, 2.24) is 10.9 Å². The SMILES string of the molecule is C1NN1.C=CC=C. The van der Waals surface area contributed by atoms with E-state index in [1.807, 2.05) is 0 Å². The van der Waals surface area contributed by atoms with Gasteiger partial charge in [-0.25, -0.2) is 10.9 Å². The highest BCUT2D eigenvalue weighted by atomic mass is 15.6. The molecule has 0 unspecified atom stereocenters. The van der Waals surface area contributed by atoms with Crippen LogP contribution in [0.25, 0.3) is 0 Å². The molecule has 7 heavy (non-hydrogen) atoms. The molecule has 1 heterocycles. The third-order valence-electron chi connectivity index (χ3n) is 0.343. The quantitative estimate of drug-likeness (QED) is 0.368. The lowest BCUT2D eigenvalue weighted by Crippen LogP contribution is -1.71. The number of allylic oxidation sites excluding steroid dienone is 2. The summed E-state index contributed by atoms with van der Waals surface area (Å²) < 4.78 is 0. The van der Waals surface area contributed by atoms with Crippen LogP contribution >= 0.6 is 0 Å². The molecule has 0 spiro atoms. The molecule has 1 aliphatic heterocycles. The molecule has 0 atom stereocenters. The summed E-state index contributed by atoms with van der Waals surface area (Å²) in [4.78, 5) is 0. The maximum atomic E-state index is 3.36. The highest BCUT2D eigenvalue weighted by molar-refractivity contribution is 4.88. The van der Waals surface area contributed by atoms with Crippen molar-refractivity contribution in [2.45, 2.75) is 0 Å². The Kier molecular flexibility index (Phi) is 4.94. The number of hydrogen-bond donors (Lipinski definition) is 2. The van der Waals surface area contributed by atoms with Crippen molar-refractivity contribution in [1.29, 1.82) is 0 Å². The van der Waals surface area contributed by atoms with Gasteiger partial charge in [0, 0.05) is 0 Å². The second kappa shape index (κ2) is 5.40. The fourth-order valence-electron chi connectivity index (χ4n) is 0. The molecule has 1 fully saturated rings. The van der Waals surface area contributed by atoms with E-state index in [1.165, 1.54) is 0 Å². The fraction of sp³-hybridized carbons (Fsp3) is 0.200. The largest absolute Gasteiger partial charge is 0.241 e. The van der Waals surface area contributed by atoms with Gasteiger partial charge in [0.25, 0.3) is 0 Å². The summed E-state index contributed by atoms with van der Waals surface area (Å²) >= 11 is 0. The Bertz CT molecular complexity index is 48.3. The summed E-state index contributed by atoms with van der Waals surface area (Å²) in [5.41, 5.74) is 5.50. The van der Waals surface area contributed by atoms with Gasteiger partial charge in [0.1, 0.15) is 0 Å². The van der Waals surface area contributed by atoms with Gasteiger partial charge in [0.05, 0.1) is 6.67 Å². The summed E-state index contributed by atoms with van der Waals surface area (Å²) in [5.74, 6) is 0. The highest BCUT2D eigenvalue weighted by Gasteiger charge is 1.87. The van der Waals surface area contributed by atoms with E-state index in [2.05, 4.69) is 24.0 Å². The first kappa shape index (κ1) is 6.40. The van der Waals surface area contributed by atoms with Gasteiger partial charge < -0.3 is 0 Å². The van der Waals surface area contributed by atoms with Gasteiger partial charge in [-0.05, 0) is 0 Å². The minimum atomic E-state index is 1.00. The Morgan fingerprint density at radius 2 is 1.43 bits per heavy atom. The van der Waals surface area contributed by atoms with Gasteiger partial charge in [-0.1, -0.05) is 25.3 Å². The molecule has 0 bridgehead atoms. The van der Waals surface area contributed by atoms with Gasteiger partial charge >= 0.3 is 0 Å². The molecule has 1 rings (SSSR count). The van der Waals surface area contributed by atoms with Crippen molar-refractivity contribution in [3.05, 3.63) is 25.3 Å². The minimum Gasteiger partial charge on any atom is -0.241 e. The average molecular weight is 98.1 g/mol. The second-order valence-corrected chi connectivity index (χ2v) is 1.00. The Labute approximate surface area is 43.9 Å². The molecule has 1 saturated heterocycles. The van der Waals surface area contributed by atoms with E-state index in [9.17, 15) is 0 Å². The molecule has 40 valence electrons. The third-order valence-corrected chi connectivity index (χ3v) is 0.343. The zero-order chi connectivity index (χ0) is 5.54. The maximum absolute atomic E-state index is 3.36. The van der Waals surface area contributed by atoms with Crippen molar-refractivity contribution in [3.63, 3.8) is 0 Å². The zero-order valence-electron chi connectivity index (χ0n) is 4.28. The van der Waals surface area contributed by atoms with Gasteiger partial charge in [-0.2, -0.15) is 0 Å². The van der Waals surface area contributed by atoms with Crippen molar-refractivity contribution in [2.75, 3.05) is 6.67 Å². The summed E-state index contributed by atoms with van der Waals surface area (Å²) in [6.07, 6.45) is 3.28. The summed E-state index contributed by atoms with van der Waals surface area (Å²) in [7, 11) is 0. The predicted molar refractivity (Wildman–Crippen MR) is 31.5 cm³/mol. The van der Waals surface area contributed by atoms with Gasteiger partial charge in [-0.15, -0.1) is 0 Å². The standard InChI is InChI=1S/C4H6.CH4N2/c1-3-4-2;1-2-3-1/h3-4H,1-2H2;2-3H,1H2. The molecule has 2 nitrogen and oxygen atoms in total. The lowest BCUT2D eigenvalue weighted by Gasteiger charge is -1.44. The van der Waals surface area contributed by atoms with Crippen LogP contribution in [0.2, 0.25) is 0 Å². The fourth-order valence-corrected chi connectivity index (χ4v) is 0. The van der Waals surface area contributed by atoms with E-state index in [1.54, 1.807) is 12.2 Å². The number of rotatable bonds is 1. The lowest BCUT2D eigenvalue weighted by atomic mass is 10.6. The molecular weight excluding hydrogens is 88.1 g/mol. The number of hydrogen-bond acceptors (Lipinski definition) is 2. The topological polar surface area (TPSA) is 43.9 Å².